The van der Waals surface area contributed by atoms with Crippen LogP contribution >= 0.6 is 11.6 Å². The van der Waals surface area contributed by atoms with E-state index in [1.165, 1.54) is 0 Å². The molecular weight excluding hydrogens is 350 g/mol. The van der Waals surface area contributed by atoms with Crippen molar-refractivity contribution >= 4 is 29.1 Å². The normalized spacial score (nSPS) is 17.2. The van der Waals surface area contributed by atoms with Gasteiger partial charge in [0.05, 0.1) is 12.5 Å². The molecule has 0 radical (unpaired) electrons. The summed E-state index contributed by atoms with van der Waals surface area (Å²) in [5, 5.41) is 3.50. The zero-order valence-electron chi connectivity index (χ0n) is 14.5. The first-order valence-electron chi connectivity index (χ1n) is 8.68. The molecular formula is C20H22ClN3O2. The molecule has 1 aliphatic rings. The smallest absolute Gasteiger partial charge is 0.234 e. The lowest BCUT2D eigenvalue weighted by Gasteiger charge is -2.22. The molecule has 1 atom stereocenters. The number of carbonyl (C=O) groups is 2. The molecule has 2 aromatic rings. The summed E-state index contributed by atoms with van der Waals surface area (Å²) in [6, 6.07) is 14.8. The average Bonchev–Trinajstić information content (AvgIpc) is 3.05. The van der Waals surface area contributed by atoms with Gasteiger partial charge in [-0.2, -0.15) is 0 Å². The van der Waals surface area contributed by atoms with Crippen LogP contribution in [0.5, 0.6) is 0 Å². The van der Waals surface area contributed by atoms with Gasteiger partial charge in [-0.05, 0) is 48.7 Å². The number of primary amides is 1. The average molecular weight is 372 g/mol. The maximum absolute atomic E-state index is 12.3. The van der Waals surface area contributed by atoms with Crippen LogP contribution in [-0.4, -0.2) is 29.3 Å². The van der Waals surface area contributed by atoms with E-state index in [1.807, 2.05) is 42.5 Å². The molecule has 0 saturated carbocycles. The second kappa shape index (κ2) is 8.34. The molecule has 3 N–H and O–H groups in total. The number of anilines is 1. The van der Waals surface area contributed by atoms with Crippen LogP contribution in [0, 0.1) is 0 Å². The fourth-order valence-corrected chi connectivity index (χ4v) is 3.54. The Kier molecular flexibility index (Phi) is 5.91. The number of rotatable bonds is 6. The summed E-state index contributed by atoms with van der Waals surface area (Å²) >= 11 is 6.11. The predicted molar refractivity (Wildman–Crippen MR) is 103 cm³/mol. The highest BCUT2D eigenvalue weighted by Crippen LogP contribution is 2.21. The maximum Gasteiger partial charge on any atom is 0.234 e. The number of nitrogens with two attached hydrogens (primary N) is 1. The summed E-state index contributed by atoms with van der Waals surface area (Å²) in [5.41, 5.74) is 8.04. The van der Waals surface area contributed by atoms with Crippen LogP contribution in [0.2, 0.25) is 5.02 Å². The van der Waals surface area contributed by atoms with Gasteiger partial charge in [0.1, 0.15) is 0 Å². The highest BCUT2D eigenvalue weighted by atomic mass is 35.5. The number of halogens is 1. The topological polar surface area (TPSA) is 75.4 Å². The molecule has 2 amide bonds. The number of hydrogen-bond donors (Lipinski definition) is 2. The first-order chi connectivity index (χ1) is 12.5. The lowest BCUT2D eigenvalue weighted by Crippen LogP contribution is -2.39. The third kappa shape index (κ3) is 4.62. The molecule has 6 heteroatoms. The van der Waals surface area contributed by atoms with E-state index < -0.39 is 0 Å². The fraction of sp³-hybridized carbons (Fsp3) is 0.300. The van der Waals surface area contributed by atoms with Crippen LogP contribution in [-0.2, 0) is 22.6 Å². The van der Waals surface area contributed by atoms with Crippen molar-refractivity contribution in [2.24, 2.45) is 5.73 Å². The molecule has 1 aliphatic heterocycles. The Bertz CT molecular complexity index is 809. The number of carbonyl (C=O) groups excluding carboxylic acids is 2. The third-order valence-electron chi connectivity index (χ3n) is 4.60. The number of hydrogen-bond acceptors (Lipinski definition) is 3. The van der Waals surface area contributed by atoms with Crippen molar-refractivity contribution in [1.82, 2.24) is 4.90 Å². The molecule has 1 fully saturated rings. The van der Waals surface area contributed by atoms with Crippen LogP contribution in [0.4, 0.5) is 5.69 Å². The van der Waals surface area contributed by atoms with Gasteiger partial charge in [-0.1, -0.05) is 41.9 Å². The van der Waals surface area contributed by atoms with Gasteiger partial charge < -0.3 is 11.1 Å². The van der Waals surface area contributed by atoms with Crippen LogP contribution < -0.4 is 11.1 Å². The van der Waals surface area contributed by atoms with Crippen LogP contribution in [0.15, 0.2) is 48.5 Å². The highest BCUT2D eigenvalue weighted by molar-refractivity contribution is 6.31. The van der Waals surface area contributed by atoms with Crippen LogP contribution in [0.25, 0.3) is 0 Å². The van der Waals surface area contributed by atoms with Crippen molar-refractivity contribution < 1.29 is 9.59 Å². The Labute approximate surface area is 158 Å². The molecule has 2 aromatic carbocycles. The minimum Gasteiger partial charge on any atom is -0.368 e. The molecule has 0 spiro atoms. The van der Waals surface area contributed by atoms with E-state index in [9.17, 15) is 9.59 Å². The highest BCUT2D eigenvalue weighted by Gasteiger charge is 2.28. The molecule has 0 aliphatic carbocycles. The summed E-state index contributed by atoms with van der Waals surface area (Å²) in [6.07, 6.45) is 2.01. The zero-order chi connectivity index (χ0) is 18.5. The molecule has 3 rings (SSSR count). The fourth-order valence-electron chi connectivity index (χ4n) is 3.34. The van der Waals surface area contributed by atoms with Crippen molar-refractivity contribution in [2.75, 3.05) is 11.9 Å². The largest absolute Gasteiger partial charge is 0.368 e. The summed E-state index contributed by atoms with van der Waals surface area (Å²) < 4.78 is 0. The summed E-state index contributed by atoms with van der Waals surface area (Å²) in [5.74, 6) is -0.391. The number of benzene rings is 2. The van der Waals surface area contributed by atoms with Gasteiger partial charge in [-0.25, -0.2) is 0 Å². The minimum atomic E-state index is -0.272. The number of amides is 2. The van der Waals surface area contributed by atoms with Crippen molar-refractivity contribution in [3.05, 3.63) is 64.7 Å². The summed E-state index contributed by atoms with van der Waals surface area (Å²) in [6.45, 7) is 1.50. The second-order valence-electron chi connectivity index (χ2n) is 6.55. The quantitative estimate of drug-likeness (QED) is 0.819. The van der Waals surface area contributed by atoms with Crippen molar-refractivity contribution in [1.29, 1.82) is 0 Å². The molecule has 5 nitrogen and oxygen atoms in total. The Hall–Kier alpha value is -2.37. The van der Waals surface area contributed by atoms with Gasteiger partial charge in [0.15, 0.2) is 0 Å². The van der Waals surface area contributed by atoms with Crippen LogP contribution in [0.3, 0.4) is 0 Å². The number of nitrogens with one attached hydrogen (secondary N) is 1. The van der Waals surface area contributed by atoms with Gasteiger partial charge in [0.25, 0.3) is 0 Å². The van der Waals surface area contributed by atoms with Gasteiger partial charge in [-0.15, -0.1) is 0 Å². The zero-order valence-corrected chi connectivity index (χ0v) is 15.2. The van der Waals surface area contributed by atoms with Crippen LogP contribution in [0.1, 0.15) is 24.0 Å². The van der Waals surface area contributed by atoms with E-state index in [1.54, 1.807) is 6.07 Å². The van der Waals surface area contributed by atoms with Crippen molar-refractivity contribution in [2.45, 2.75) is 31.8 Å². The van der Waals surface area contributed by atoms with E-state index in [2.05, 4.69) is 10.2 Å². The Balaban J connectivity index is 1.63. The van der Waals surface area contributed by atoms with Crippen molar-refractivity contribution in [3.63, 3.8) is 0 Å². The summed E-state index contributed by atoms with van der Waals surface area (Å²) in [4.78, 5) is 25.9. The van der Waals surface area contributed by atoms with Gasteiger partial charge in [0, 0.05) is 17.3 Å². The van der Waals surface area contributed by atoms with Gasteiger partial charge in [-0.3, -0.25) is 14.5 Å². The second-order valence-corrected chi connectivity index (χ2v) is 6.95. The molecule has 0 aromatic heterocycles. The van der Waals surface area contributed by atoms with E-state index in [-0.39, 0.29) is 24.3 Å². The molecule has 1 saturated heterocycles. The molecule has 136 valence electrons. The Morgan fingerprint density at radius 1 is 1.19 bits per heavy atom. The molecule has 1 heterocycles. The SMILES string of the molecule is NC(=O)C1CCCN1Cc1cccc(NC(=O)Cc2ccccc2Cl)c1. The minimum absolute atomic E-state index is 0.119. The predicted octanol–water partition coefficient (Wildman–Crippen LogP) is 2.97. The molecule has 26 heavy (non-hydrogen) atoms. The Morgan fingerprint density at radius 2 is 2.00 bits per heavy atom. The Morgan fingerprint density at radius 3 is 2.77 bits per heavy atom. The van der Waals surface area contributed by atoms with Crippen molar-refractivity contribution in [3.8, 4) is 0 Å². The standard InChI is InChI=1S/C20H22ClN3O2/c21-17-8-2-1-6-15(17)12-19(25)23-16-7-3-5-14(11-16)13-24-10-4-9-18(24)20(22)26/h1-3,5-8,11,18H,4,9-10,12-13H2,(H2,22,26)(H,23,25). The van der Waals surface area contributed by atoms with E-state index in [4.69, 9.17) is 17.3 Å². The van der Waals surface area contributed by atoms with E-state index >= 15 is 0 Å². The van der Waals surface area contributed by atoms with E-state index in [0.29, 0.717) is 11.6 Å². The third-order valence-corrected chi connectivity index (χ3v) is 4.97. The monoisotopic (exact) mass is 371 g/mol. The molecule has 1 unspecified atom stereocenters. The first kappa shape index (κ1) is 18.4. The first-order valence-corrected chi connectivity index (χ1v) is 9.06. The lowest BCUT2D eigenvalue weighted by atomic mass is 10.1. The summed E-state index contributed by atoms with van der Waals surface area (Å²) in [7, 11) is 0. The molecule has 0 bridgehead atoms. The van der Waals surface area contributed by atoms with Gasteiger partial charge >= 0.3 is 0 Å². The lowest BCUT2D eigenvalue weighted by molar-refractivity contribution is -0.122. The maximum atomic E-state index is 12.3. The number of nitrogens with zero attached hydrogens (tertiary/aromatic N) is 1. The number of likely N-dealkylation sites (tertiary alicyclic amines) is 1. The van der Waals surface area contributed by atoms with Gasteiger partial charge in [0.2, 0.25) is 11.8 Å². The van der Waals surface area contributed by atoms with E-state index in [0.717, 1.165) is 36.2 Å².